The summed E-state index contributed by atoms with van der Waals surface area (Å²) in [6, 6.07) is 4.17. The number of hydrogen-bond donors (Lipinski definition) is 2. The number of thiocarbonyl (C=S) groups is 1. The lowest BCUT2D eigenvalue weighted by molar-refractivity contribution is -0.384. The number of nitro benzene ring substituents is 1. The molecule has 96 valence electrons. The van der Waals surface area contributed by atoms with E-state index in [9.17, 15) is 10.1 Å². The van der Waals surface area contributed by atoms with Gasteiger partial charge in [0.15, 0.2) is 5.11 Å². The van der Waals surface area contributed by atoms with Crippen LogP contribution < -0.4 is 10.7 Å². The van der Waals surface area contributed by atoms with E-state index in [4.69, 9.17) is 23.8 Å². The Kier molecular flexibility index (Phi) is 4.99. The van der Waals surface area contributed by atoms with E-state index in [2.05, 4.69) is 15.8 Å². The predicted molar refractivity (Wildman–Crippen MR) is 75.1 cm³/mol. The van der Waals surface area contributed by atoms with Crippen LogP contribution in [0.15, 0.2) is 23.3 Å². The molecule has 2 N–H and O–H groups in total. The maximum Gasteiger partial charge on any atom is 0.270 e. The van der Waals surface area contributed by atoms with Gasteiger partial charge in [0.05, 0.1) is 15.7 Å². The number of nitrogens with zero attached hydrogens (tertiary/aromatic N) is 2. The summed E-state index contributed by atoms with van der Waals surface area (Å²) in [5.74, 6) is 0. The highest BCUT2D eigenvalue weighted by Gasteiger charge is 2.11. The smallest absolute Gasteiger partial charge is 0.270 e. The summed E-state index contributed by atoms with van der Waals surface area (Å²) < 4.78 is 0. The van der Waals surface area contributed by atoms with E-state index in [-0.39, 0.29) is 5.69 Å². The Morgan fingerprint density at radius 2 is 2.22 bits per heavy atom. The average molecular weight is 287 g/mol. The molecule has 0 aromatic heterocycles. The number of non-ortho nitro benzene ring substituents is 1. The van der Waals surface area contributed by atoms with Crippen molar-refractivity contribution in [2.45, 2.75) is 6.92 Å². The van der Waals surface area contributed by atoms with Crippen LogP contribution in [0.4, 0.5) is 5.69 Å². The van der Waals surface area contributed by atoms with Gasteiger partial charge in [-0.05, 0) is 25.2 Å². The molecule has 0 bridgehead atoms. The topological polar surface area (TPSA) is 79.6 Å². The minimum Gasteiger partial charge on any atom is -0.364 e. The number of nitro groups is 1. The van der Waals surface area contributed by atoms with E-state index in [1.54, 1.807) is 14.0 Å². The minimum atomic E-state index is -0.487. The molecule has 1 aromatic carbocycles. The van der Waals surface area contributed by atoms with Gasteiger partial charge in [-0.1, -0.05) is 11.6 Å². The van der Waals surface area contributed by atoms with Crippen molar-refractivity contribution in [2.24, 2.45) is 5.10 Å². The fourth-order valence-corrected chi connectivity index (χ4v) is 1.45. The molecular formula is C10H11ClN4O2S. The first kappa shape index (κ1) is 14.3. The molecule has 0 atom stereocenters. The first-order chi connectivity index (χ1) is 8.45. The zero-order valence-electron chi connectivity index (χ0n) is 9.73. The molecule has 8 heteroatoms. The van der Waals surface area contributed by atoms with Gasteiger partial charge < -0.3 is 5.32 Å². The maximum atomic E-state index is 10.7. The summed E-state index contributed by atoms with van der Waals surface area (Å²) in [5.41, 5.74) is 3.53. The molecule has 0 aliphatic rings. The molecular weight excluding hydrogens is 276 g/mol. The van der Waals surface area contributed by atoms with Gasteiger partial charge in [-0.3, -0.25) is 15.5 Å². The monoisotopic (exact) mass is 286 g/mol. The van der Waals surface area contributed by atoms with E-state index >= 15 is 0 Å². The third-order valence-corrected chi connectivity index (χ3v) is 2.73. The summed E-state index contributed by atoms with van der Waals surface area (Å²) in [6.45, 7) is 1.68. The molecule has 0 amide bonds. The summed E-state index contributed by atoms with van der Waals surface area (Å²) in [6.07, 6.45) is 0. The Balaban J connectivity index is 3.04. The fraction of sp³-hybridized carbons (Fsp3) is 0.200. The Morgan fingerprint density at radius 1 is 1.56 bits per heavy atom. The normalized spacial score (nSPS) is 10.9. The lowest BCUT2D eigenvalue weighted by Gasteiger charge is -2.05. The molecule has 18 heavy (non-hydrogen) atoms. The molecule has 1 aromatic rings. The van der Waals surface area contributed by atoms with E-state index in [1.165, 1.54) is 18.2 Å². The quantitative estimate of drug-likeness (QED) is 0.385. The highest BCUT2D eigenvalue weighted by molar-refractivity contribution is 7.80. The van der Waals surface area contributed by atoms with E-state index in [1.807, 2.05) is 0 Å². The van der Waals surface area contributed by atoms with Crippen molar-refractivity contribution < 1.29 is 4.92 Å². The molecule has 0 aliphatic carbocycles. The molecule has 6 nitrogen and oxygen atoms in total. The molecule has 0 radical (unpaired) electrons. The highest BCUT2D eigenvalue weighted by Crippen LogP contribution is 2.22. The number of halogens is 1. The van der Waals surface area contributed by atoms with Gasteiger partial charge in [0, 0.05) is 24.7 Å². The van der Waals surface area contributed by atoms with Crippen LogP contribution >= 0.6 is 23.8 Å². The summed E-state index contributed by atoms with van der Waals surface area (Å²) >= 11 is 10.8. The molecule has 1 rings (SSSR count). The van der Waals surface area contributed by atoms with E-state index in [0.29, 0.717) is 21.4 Å². The van der Waals surface area contributed by atoms with Crippen molar-refractivity contribution in [3.8, 4) is 0 Å². The van der Waals surface area contributed by atoms with Crippen LogP contribution in [0.3, 0.4) is 0 Å². The second kappa shape index (κ2) is 6.27. The van der Waals surface area contributed by atoms with Crippen molar-refractivity contribution in [1.82, 2.24) is 10.7 Å². The van der Waals surface area contributed by atoms with Crippen LogP contribution in [0.5, 0.6) is 0 Å². The molecule has 0 spiro atoms. The van der Waals surface area contributed by atoms with Gasteiger partial charge >= 0.3 is 0 Å². The lowest BCUT2D eigenvalue weighted by Crippen LogP contribution is -2.29. The zero-order chi connectivity index (χ0) is 13.7. The minimum absolute atomic E-state index is 0.0415. The standard InChI is InChI=1S/C10H11ClN4O2S/c1-6(13-14-10(18)12-2)8-5-7(15(16)17)3-4-9(8)11/h3-5H,1-2H3,(H2,12,14,18)/b13-6-. The Labute approximate surface area is 114 Å². The number of hydrazone groups is 1. The van der Waals surface area contributed by atoms with Crippen LogP contribution in [-0.2, 0) is 0 Å². The first-order valence-electron chi connectivity index (χ1n) is 4.92. The van der Waals surface area contributed by atoms with Crippen LogP contribution in [0.2, 0.25) is 5.02 Å². The first-order valence-corrected chi connectivity index (χ1v) is 5.70. The summed E-state index contributed by atoms with van der Waals surface area (Å²) in [4.78, 5) is 10.2. The van der Waals surface area contributed by atoms with Gasteiger partial charge in [-0.15, -0.1) is 0 Å². The van der Waals surface area contributed by atoms with E-state index < -0.39 is 4.92 Å². The van der Waals surface area contributed by atoms with Crippen molar-refractivity contribution >= 4 is 40.3 Å². The Hall–Kier alpha value is -1.73. The Bertz CT molecular complexity index is 519. The van der Waals surface area contributed by atoms with Crippen LogP contribution in [0, 0.1) is 10.1 Å². The zero-order valence-corrected chi connectivity index (χ0v) is 11.3. The van der Waals surface area contributed by atoms with Crippen LogP contribution in [-0.4, -0.2) is 22.8 Å². The van der Waals surface area contributed by atoms with E-state index in [0.717, 1.165) is 0 Å². The Morgan fingerprint density at radius 3 is 2.78 bits per heavy atom. The van der Waals surface area contributed by atoms with Crippen LogP contribution in [0.25, 0.3) is 0 Å². The second-order valence-electron chi connectivity index (χ2n) is 3.31. The predicted octanol–water partition coefficient (Wildman–Crippen LogP) is 2.07. The summed E-state index contributed by atoms with van der Waals surface area (Å²) in [7, 11) is 1.65. The maximum absolute atomic E-state index is 10.7. The summed E-state index contributed by atoms with van der Waals surface area (Å²) in [5, 5.41) is 18.1. The molecule has 0 aliphatic heterocycles. The molecule has 0 unspecified atom stereocenters. The fourth-order valence-electron chi connectivity index (χ4n) is 1.15. The highest BCUT2D eigenvalue weighted by atomic mass is 35.5. The van der Waals surface area contributed by atoms with Gasteiger partial charge in [0.25, 0.3) is 5.69 Å². The van der Waals surface area contributed by atoms with Crippen molar-refractivity contribution in [2.75, 3.05) is 7.05 Å². The molecule has 0 saturated heterocycles. The third kappa shape index (κ3) is 3.64. The van der Waals surface area contributed by atoms with Crippen LogP contribution in [0.1, 0.15) is 12.5 Å². The second-order valence-corrected chi connectivity index (χ2v) is 4.12. The molecule has 0 fully saturated rings. The SMILES string of the molecule is CNC(=S)N/N=C(/C)c1cc([N+](=O)[O-])ccc1Cl. The third-order valence-electron chi connectivity index (χ3n) is 2.10. The molecule has 0 heterocycles. The van der Waals surface area contributed by atoms with Gasteiger partial charge in [0.2, 0.25) is 0 Å². The largest absolute Gasteiger partial charge is 0.364 e. The lowest BCUT2D eigenvalue weighted by atomic mass is 10.1. The van der Waals surface area contributed by atoms with Gasteiger partial charge in [-0.2, -0.15) is 5.10 Å². The van der Waals surface area contributed by atoms with Gasteiger partial charge in [-0.25, -0.2) is 0 Å². The van der Waals surface area contributed by atoms with Crippen molar-refractivity contribution in [1.29, 1.82) is 0 Å². The van der Waals surface area contributed by atoms with Crippen molar-refractivity contribution in [3.05, 3.63) is 38.9 Å². The number of benzene rings is 1. The number of rotatable bonds is 3. The van der Waals surface area contributed by atoms with Gasteiger partial charge in [0.1, 0.15) is 0 Å². The number of hydrogen-bond acceptors (Lipinski definition) is 4. The molecule has 0 saturated carbocycles. The van der Waals surface area contributed by atoms with Crippen molar-refractivity contribution in [3.63, 3.8) is 0 Å². The number of nitrogens with one attached hydrogen (secondary N) is 2. The average Bonchev–Trinajstić information content (AvgIpc) is 2.35.